The number of hydrogen-bond acceptors (Lipinski definition) is 3. The third kappa shape index (κ3) is 3.24. The monoisotopic (exact) mass is 288 g/mol. The van der Waals surface area contributed by atoms with Crippen LogP contribution in [0.5, 0.6) is 5.75 Å². The molecule has 1 N–H and O–H groups in total. The fourth-order valence-electron chi connectivity index (χ4n) is 2.16. The lowest BCUT2D eigenvalue weighted by molar-refractivity contribution is -0.138. The molecule has 0 saturated carbocycles. The van der Waals surface area contributed by atoms with Crippen molar-refractivity contribution in [1.82, 2.24) is 9.78 Å². The molecule has 2 aromatic rings. The average molecular weight is 288 g/mol. The van der Waals surface area contributed by atoms with Crippen molar-refractivity contribution in [2.75, 3.05) is 0 Å². The van der Waals surface area contributed by atoms with E-state index in [4.69, 9.17) is 9.84 Å². The van der Waals surface area contributed by atoms with Crippen LogP contribution in [0.3, 0.4) is 0 Å². The molecular weight excluding hydrogens is 268 g/mol. The minimum Gasteiger partial charge on any atom is -0.485 e. The highest BCUT2D eigenvalue weighted by Crippen LogP contribution is 2.23. The Bertz CT molecular complexity index is 644. The van der Waals surface area contributed by atoms with Crippen LogP contribution in [-0.4, -0.2) is 20.9 Å². The van der Waals surface area contributed by atoms with E-state index >= 15 is 0 Å². The maximum Gasteiger partial charge on any atom is 0.310 e. The second-order valence-electron chi connectivity index (χ2n) is 5.21. The van der Waals surface area contributed by atoms with Gasteiger partial charge >= 0.3 is 5.97 Å². The molecule has 0 aliphatic heterocycles. The first-order chi connectivity index (χ1) is 9.90. The molecular formula is C16H20N2O3. The first kappa shape index (κ1) is 15.1. The second-order valence-corrected chi connectivity index (χ2v) is 5.21. The molecule has 1 heterocycles. The number of carbonyl (C=O) groups is 1. The summed E-state index contributed by atoms with van der Waals surface area (Å²) in [5.41, 5.74) is 3.65. The van der Waals surface area contributed by atoms with Crippen molar-refractivity contribution >= 4 is 5.97 Å². The summed E-state index contributed by atoms with van der Waals surface area (Å²) in [6.45, 7) is 6.00. The summed E-state index contributed by atoms with van der Waals surface area (Å²) in [5, 5.41) is 13.3. The van der Waals surface area contributed by atoms with E-state index < -0.39 is 11.9 Å². The fourth-order valence-corrected chi connectivity index (χ4v) is 2.16. The van der Waals surface area contributed by atoms with Gasteiger partial charge in [0, 0.05) is 7.05 Å². The third-order valence-electron chi connectivity index (χ3n) is 3.68. The van der Waals surface area contributed by atoms with E-state index in [1.54, 1.807) is 11.6 Å². The van der Waals surface area contributed by atoms with Gasteiger partial charge in [-0.1, -0.05) is 24.3 Å². The summed E-state index contributed by atoms with van der Waals surface area (Å²) in [4.78, 5) is 10.9. The summed E-state index contributed by atoms with van der Waals surface area (Å²) in [6, 6.07) is 7.46. The molecule has 0 fully saturated rings. The lowest BCUT2D eigenvalue weighted by Gasteiger charge is -2.09. The van der Waals surface area contributed by atoms with E-state index in [0.717, 1.165) is 28.3 Å². The highest BCUT2D eigenvalue weighted by Gasteiger charge is 2.14. The Kier molecular flexibility index (Phi) is 4.31. The van der Waals surface area contributed by atoms with Gasteiger partial charge < -0.3 is 9.84 Å². The quantitative estimate of drug-likeness (QED) is 0.919. The molecule has 21 heavy (non-hydrogen) atoms. The normalized spacial score (nSPS) is 12.2. The zero-order chi connectivity index (χ0) is 15.6. The Morgan fingerprint density at radius 1 is 1.33 bits per heavy atom. The number of hydrogen-bond donors (Lipinski definition) is 1. The third-order valence-corrected chi connectivity index (χ3v) is 3.68. The van der Waals surface area contributed by atoms with Gasteiger partial charge in [0.2, 0.25) is 0 Å². The molecule has 0 aliphatic carbocycles. The topological polar surface area (TPSA) is 64.4 Å². The van der Waals surface area contributed by atoms with Crippen LogP contribution < -0.4 is 4.74 Å². The van der Waals surface area contributed by atoms with Gasteiger partial charge in [0.05, 0.1) is 11.6 Å². The number of benzene rings is 1. The second kappa shape index (κ2) is 5.99. The van der Waals surface area contributed by atoms with Crippen LogP contribution in [0.1, 0.15) is 35.4 Å². The average Bonchev–Trinajstić information content (AvgIpc) is 2.70. The van der Waals surface area contributed by atoms with Crippen LogP contribution in [0.25, 0.3) is 0 Å². The van der Waals surface area contributed by atoms with Crippen LogP contribution in [0.15, 0.2) is 24.3 Å². The Hall–Kier alpha value is -2.30. The minimum absolute atomic E-state index is 0.440. The van der Waals surface area contributed by atoms with Gasteiger partial charge in [-0.25, -0.2) is 0 Å². The number of carboxylic acid groups (broad SMARTS) is 1. The Morgan fingerprint density at radius 3 is 2.43 bits per heavy atom. The first-order valence-corrected chi connectivity index (χ1v) is 6.84. The van der Waals surface area contributed by atoms with E-state index in [0.29, 0.717) is 6.61 Å². The van der Waals surface area contributed by atoms with Gasteiger partial charge in [-0.3, -0.25) is 9.48 Å². The Balaban J connectivity index is 2.06. The number of aromatic nitrogens is 2. The molecule has 2 rings (SSSR count). The molecule has 0 aliphatic rings. The van der Waals surface area contributed by atoms with Crippen molar-refractivity contribution in [1.29, 1.82) is 0 Å². The van der Waals surface area contributed by atoms with Crippen molar-refractivity contribution in [2.45, 2.75) is 33.3 Å². The first-order valence-electron chi connectivity index (χ1n) is 6.84. The van der Waals surface area contributed by atoms with Crippen LogP contribution in [-0.2, 0) is 18.4 Å². The molecule has 5 heteroatoms. The standard InChI is InChI=1S/C16H20N2O3/c1-10(16(19)20)14-7-5-13(6-8-14)9-21-15-11(2)17-18(4)12(15)3/h5-8,10H,9H2,1-4H3,(H,19,20). The van der Waals surface area contributed by atoms with Crippen LogP contribution in [0.2, 0.25) is 0 Å². The van der Waals surface area contributed by atoms with Crippen LogP contribution in [0.4, 0.5) is 0 Å². The highest BCUT2D eigenvalue weighted by atomic mass is 16.5. The van der Waals surface area contributed by atoms with Crippen molar-refractivity contribution in [3.8, 4) is 5.75 Å². The summed E-state index contributed by atoms with van der Waals surface area (Å²) in [7, 11) is 1.89. The van der Waals surface area contributed by atoms with Gasteiger partial charge in [0.25, 0.3) is 0 Å². The largest absolute Gasteiger partial charge is 0.485 e. The zero-order valence-corrected chi connectivity index (χ0v) is 12.8. The molecule has 0 saturated heterocycles. The summed E-state index contributed by atoms with van der Waals surface area (Å²) >= 11 is 0. The molecule has 0 spiro atoms. The van der Waals surface area contributed by atoms with E-state index in [1.165, 1.54) is 0 Å². The van der Waals surface area contributed by atoms with Crippen LogP contribution in [0, 0.1) is 13.8 Å². The number of aliphatic carboxylic acids is 1. The van der Waals surface area contributed by atoms with Crippen LogP contribution >= 0.6 is 0 Å². The van der Waals surface area contributed by atoms with E-state index in [2.05, 4.69) is 5.10 Å². The molecule has 0 radical (unpaired) electrons. The number of aryl methyl sites for hydroxylation is 2. The molecule has 0 amide bonds. The molecule has 112 valence electrons. The summed E-state index contributed by atoms with van der Waals surface area (Å²) in [6.07, 6.45) is 0. The maximum absolute atomic E-state index is 10.9. The van der Waals surface area contributed by atoms with Gasteiger partial charge in [-0.2, -0.15) is 5.10 Å². The zero-order valence-electron chi connectivity index (χ0n) is 12.8. The van der Waals surface area contributed by atoms with Gasteiger partial charge in [0.15, 0.2) is 5.75 Å². The lowest BCUT2D eigenvalue weighted by Crippen LogP contribution is -2.07. The fraction of sp³-hybridized carbons (Fsp3) is 0.375. The van der Waals surface area contributed by atoms with E-state index in [9.17, 15) is 4.79 Å². The van der Waals surface area contributed by atoms with Crippen molar-refractivity contribution < 1.29 is 14.6 Å². The lowest BCUT2D eigenvalue weighted by atomic mass is 10.0. The molecule has 0 bridgehead atoms. The number of ether oxygens (including phenoxy) is 1. The smallest absolute Gasteiger partial charge is 0.310 e. The van der Waals surface area contributed by atoms with E-state index in [-0.39, 0.29) is 0 Å². The molecule has 1 aromatic carbocycles. The number of nitrogens with zero attached hydrogens (tertiary/aromatic N) is 2. The predicted molar refractivity (Wildman–Crippen MR) is 79.5 cm³/mol. The van der Waals surface area contributed by atoms with Crippen molar-refractivity contribution in [3.63, 3.8) is 0 Å². The SMILES string of the molecule is Cc1nn(C)c(C)c1OCc1ccc(C(C)C(=O)O)cc1. The van der Waals surface area contributed by atoms with Crippen molar-refractivity contribution in [3.05, 3.63) is 46.8 Å². The van der Waals surface area contributed by atoms with E-state index in [1.807, 2.05) is 45.2 Å². The molecule has 5 nitrogen and oxygen atoms in total. The molecule has 1 atom stereocenters. The molecule has 1 unspecified atom stereocenters. The predicted octanol–water partition coefficient (Wildman–Crippen LogP) is 2.80. The van der Waals surface area contributed by atoms with Gasteiger partial charge in [-0.15, -0.1) is 0 Å². The summed E-state index contributed by atoms with van der Waals surface area (Å²) < 4.78 is 7.62. The van der Waals surface area contributed by atoms with Gasteiger partial charge in [0.1, 0.15) is 12.3 Å². The maximum atomic E-state index is 10.9. The number of carboxylic acids is 1. The highest BCUT2D eigenvalue weighted by molar-refractivity contribution is 5.75. The Morgan fingerprint density at radius 2 is 1.95 bits per heavy atom. The Labute approximate surface area is 124 Å². The van der Waals surface area contributed by atoms with Crippen molar-refractivity contribution in [2.24, 2.45) is 7.05 Å². The number of rotatable bonds is 5. The molecule has 1 aromatic heterocycles. The minimum atomic E-state index is -0.819. The van der Waals surface area contributed by atoms with Gasteiger partial charge in [-0.05, 0) is 31.9 Å². The summed E-state index contributed by atoms with van der Waals surface area (Å²) in [5.74, 6) is -0.510.